The largest absolute Gasteiger partial charge is 0.496 e. The van der Waals surface area contributed by atoms with Gasteiger partial charge in [-0.3, -0.25) is 4.79 Å². The molecule has 11 heteroatoms. The molecule has 0 radical (unpaired) electrons. The van der Waals surface area contributed by atoms with Crippen LogP contribution in [0.4, 0.5) is 0 Å². The highest BCUT2D eigenvalue weighted by Gasteiger charge is 2.18. The Kier molecular flexibility index (Phi) is 6.20. The molecule has 1 N–H and O–H groups in total. The molecule has 180 valence electrons. The molecule has 1 aliphatic heterocycles. The maximum absolute atomic E-state index is 12.4. The van der Waals surface area contributed by atoms with Crippen molar-refractivity contribution in [2.75, 3.05) is 27.1 Å². The molecule has 0 aliphatic carbocycles. The minimum Gasteiger partial charge on any atom is -0.496 e. The lowest BCUT2D eigenvalue weighted by atomic mass is 10.2. The van der Waals surface area contributed by atoms with E-state index in [-0.39, 0.29) is 25.9 Å². The molecule has 1 atom stereocenters. The van der Waals surface area contributed by atoms with Crippen molar-refractivity contribution in [1.29, 1.82) is 0 Å². The highest BCUT2D eigenvalue weighted by Crippen LogP contribution is 2.35. The summed E-state index contributed by atoms with van der Waals surface area (Å²) >= 11 is 0. The Morgan fingerprint density at radius 3 is 2.86 bits per heavy atom. The minimum absolute atomic E-state index is 0.176. The molecule has 0 spiro atoms. The Balaban J connectivity index is 1.16. The Bertz CT molecular complexity index is 1360. The lowest BCUT2D eigenvalue weighted by molar-refractivity contribution is -0.127. The van der Waals surface area contributed by atoms with Gasteiger partial charge in [-0.25, -0.2) is 0 Å². The Morgan fingerprint density at radius 1 is 1.11 bits per heavy atom. The van der Waals surface area contributed by atoms with Gasteiger partial charge in [-0.15, -0.1) is 15.3 Å². The van der Waals surface area contributed by atoms with Crippen molar-refractivity contribution >= 4 is 11.6 Å². The highest BCUT2D eigenvalue weighted by molar-refractivity contribution is 5.80. The van der Waals surface area contributed by atoms with Crippen LogP contribution in [0.25, 0.3) is 17.0 Å². The normalized spacial score (nSPS) is 12.9. The molecule has 5 rings (SSSR count). The minimum atomic E-state index is -0.703. The summed E-state index contributed by atoms with van der Waals surface area (Å²) in [6, 6.07) is 16.1. The highest BCUT2D eigenvalue weighted by atomic mass is 16.7. The number of ether oxygens (including phenoxy) is 5. The second-order valence-electron chi connectivity index (χ2n) is 7.58. The number of methoxy groups -OCH3 is 1. The average molecular weight is 477 g/mol. The van der Waals surface area contributed by atoms with Gasteiger partial charge in [-0.05, 0) is 37.3 Å². The Hall–Kier alpha value is -4.54. The van der Waals surface area contributed by atoms with Gasteiger partial charge in [0.25, 0.3) is 5.91 Å². The summed E-state index contributed by atoms with van der Waals surface area (Å²) in [4.78, 5) is 12.4. The number of hydrogen-bond acceptors (Lipinski definition) is 9. The van der Waals surface area contributed by atoms with Gasteiger partial charge in [0.05, 0.1) is 19.2 Å². The predicted octanol–water partition coefficient (Wildman–Crippen LogP) is 2.49. The van der Waals surface area contributed by atoms with Crippen molar-refractivity contribution < 1.29 is 28.5 Å². The van der Waals surface area contributed by atoms with Gasteiger partial charge in [0.2, 0.25) is 12.7 Å². The molecule has 0 fully saturated rings. The van der Waals surface area contributed by atoms with E-state index in [2.05, 4.69) is 20.6 Å². The summed E-state index contributed by atoms with van der Waals surface area (Å²) < 4.78 is 29.0. The zero-order chi connectivity index (χ0) is 24.2. The first-order valence-electron chi connectivity index (χ1n) is 10.9. The summed E-state index contributed by atoms with van der Waals surface area (Å²) in [7, 11) is 1.60. The number of para-hydroxylation sites is 1. The molecule has 1 unspecified atom stereocenters. The molecule has 2 aromatic heterocycles. The standard InChI is InChI=1S/C24H23N5O6/c1-15(35-16-7-8-19-20(13-16)34-14-33-19)24(30)25-11-12-32-22-10-9-21-26-27-23(29(21)28-22)17-5-3-4-6-18(17)31-2/h3-10,13,15H,11-12,14H2,1-2H3,(H,25,30). The van der Waals surface area contributed by atoms with Crippen molar-refractivity contribution in [2.45, 2.75) is 13.0 Å². The number of fused-ring (bicyclic) bond motifs is 2. The van der Waals surface area contributed by atoms with E-state index in [9.17, 15) is 4.79 Å². The third kappa shape index (κ3) is 4.74. The van der Waals surface area contributed by atoms with Crippen molar-refractivity contribution in [2.24, 2.45) is 0 Å². The molecule has 11 nitrogen and oxygen atoms in total. The van der Waals surface area contributed by atoms with Crippen LogP contribution in [0, 0.1) is 0 Å². The van der Waals surface area contributed by atoms with Gasteiger partial charge < -0.3 is 29.0 Å². The first-order chi connectivity index (χ1) is 17.1. The summed E-state index contributed by atoms with van der Waals surface area (Å²) in [6.45, 7) is 2.33. The third-order valence-corrected chi connectivity index (χ3v) is 5.26. The van der Waals surface area contributed by atoms with Crippen LogP contribution in [0.15, 0.2) is 54.6 Å². The van der Waals surface area contributed by atoms with Crippen molar-refractivity contribution in [3.8, 4) is 40.3 Å². The third-order valence-electron chi connectivity index (χ3n) is 5.26. The van der Waals surface area contributed by atoms with Gasteiger partial charge in [-0.1, -0.05) is 12.1 Å². The average Bonchev–Trinajstić information content (AvgIpc) is 3.52. The first kappa shape index (κ1) is 22.3. The molecule has 35 heavy (non-hydrogen) atoms. The van der Waals surface area contributed by atoms with Crippen LogP contribution in [0.2, 0.25) is 0 Å². The smallest absolute Gasteiger partial charge is 0.260 e. The lowest BCUT2D eigenvalue weighted by Crippen LogP contribution is -2.38. The van der Waals surface area contributed by atoms with Crippen LogP contribution in [0.3, 0.4) is 0 Å². The number of carbonyl (C=O) groups excluding carboxylic acids is 1. The van der Waals surface area contributed by atoms with E-state index in [1.54, 1.807) is 48.9 Å². The van der Waals surface area contributed by atoms with E-state index in [0.717, 1.165) is 5.56 Å². The molecule has 0 bridgehead atoms. The quantitative estimate of drug-likeness (QED) is 0.363. The Labute approximate surface area is 200 Å². The zero-order valence-corrected chi connectivity index (χ0v) is 19.1. The number of nitrogens with one attached hydrogen (secondary N) is 1. The second-order valence-corrected chi connectivity index (χ2v) is 7.58. The molecule has 3 heterocycles. The van der Waals surface area contributed by atoms with Crippen LogP contribution in [-0.4, -0.2) is 58.9 Å². The number of aromatic nitrogens is 4. The number of benzene rings is 2. The van der Waals surface area contributed by atoms with E-state index in [4.69, 9.17) is 23.7 Å². The van der Waals surface area contributed by atoms with Crippen LogP contribution < -0.4 is 29.0 Å². The molecule has 0 saturated carbocycles. The molecule has 1 amide bonds. The molecular formula is C24H23N5O6. The monoisotopic (exact) mass is 477 g/mol. The summed E-state index contributed by atoms with van der Waals surface area (Å²) in [6.07, 6.45) is -0.703. The molecular weight excluding hydrogens is 454 g/mol. The van der Waals surface area contributed by atoms with Crippen LogP contribution in [0.1, 0.15) is 6.92 Å². The number of hydrogen-bond donors (Lipinski definition) is 1. The lowest BCUT2D eigenvalue weighted by Gasteiger charge is -2.15. The predicted molar refractivity (Wildman–Crippen MR) is 124 cm³/mol. The SMILES string of the molecule is COc1ccccc1-c1nnc2ccc(OCCNC(=O)C(C)Oc3ccc4c(c3)OCO4)nn12. The van der Waals surface area contributed by atoms with Gasteiger partial charge in [0.1, 0.15) is 18.1 Å². The topological polar surface area (TPSA) is 118 Å². The van der Waals surface area contributed by atoms with Crippen molar-refractivity contribution in [3.63, 3.8) is 0 Å². The van der Waals surface area contributed by atoms with E-state index < -0.39 is 6.10 Å². The maximum atomic E-state index is 12.4. The summed E-state index contributed by atoms with van der Waals surface area (Å²) in [5, 5.41) is 15.7. The molecule has 0 saturated heterocycles. The number of rotatable bonds is 9. The van der Waals surface area contributed by atoms with Gasteiger partial charge in [-0.2, -0.15) is 4.52 Å². The van der Waals surface area contributed by atoms with E-state index in [1.807, 2.05) is 24.3 Å². The van der Waals surface area contributed by atoms with E-state index >= 15 is 0 Å². The van der Waals surface area contributed by atoms with Gasteiger partial charge in [0, 0.05) is 12.1 Å². The molecule has 2 aromatic carbocycles. The number of carbonyl (C=O) groups is 1. The maximum Gasteiger partial charge on any atom is 0.260 e. The summed E-state index contributed by atoms with van der Waals surface area (Å²) in [5.41, 5.74) is 1.33. The van der Waals surface area contributed by atoms with Gasteiger partial charge in [0.15, 0.2) is 29.1 Å². The van der Waals surface area contributed by atoms with Crippen LogP contribution >= 0.6 is 0 Å². The number of nitrogens with zero attached hydrogens (tertiary/aromatic N) is 4. The fourth-order valence-electron chi connectivity index (χ4n) is 3.53. The van der Waals surface area contributed by atoms with E-state index in [0.29, 0.717) is 40.3 Å². The fourth-order valence-corrected chi connectivity index (χ4v) is 3.53. The second kappa shape index (κ2) is 9.75. The van der Waals surface area contributed by atoms with Crippen LogP contribution in [-0.2, 0) is 4.79 Å². The van der Waals surface area contributed by atoms with Crippen molar-refractivity contribution in [1.82, 2.24) is 25.1 Å². The van der Waals surface area contributed by atoms with Crippen molar-refractivity contribution in [3.05, 3.63) is 54.6 Å². The number of amides is 1. The molecule has 1 aliphatic rings. The van der Waals surface area contributed by atoms with E-state index in [1.165, 1.54) is 0 Å². The zero-order valence-electron chi connectivity index (χ0n) is 19.1. The first-order valence-corrected chi connectivity index (χ1v) is 10.9. The fraction of sp³-hybridized carbons (Fsp3) is 0.250. The van der Waals surface area contributed by atoms with Gasteiger partial charge >= 0.3 is 0 Å². The molecule has 4 aromatic rings. The Morgan fingerprint density at radius 2 is 1.97 bits per heavy atom. The summed E-state index contributed by atoms with van der Waals surface area (Å²) in [5.74, 6) is 3.06. The van der Waals surface area contributed by atoms with Crippen LogP contribution in [0.5, 0.6) is 28.9 Å².